The fourth-order valence-electron chi connectivity index (χ4n) is 2.07. The van der Waals surface area contributed by atoms with Crippen LogP contribution in [-0.4, -0.2) is 43.2 Å². The topological polar surface area (TPSA) is 32.3 Å². The van der Waals surface area contributed by atoms with Gasteiger partial charge >= 0.3 is 0 Å². The Balaban J connectivity index is 0.00000162. The lowest BCUT2D eigenvalue weighted by atomic mass is 10.1. The van der Waals surface area contributed by atoms with E-state index >= 15 is 0 Å². The van der Waals surface area contributed by atoms with E-state index in [-0.39, 0.29) is 18.3 Å². The molecule has 1 aliphatic rings. The number of rotatable bonds is 3. The highest BCUT2D eigenvalue weighted by Crippen LogP contribution is 2.17. The van der Waals surface area contributed by atoms with Crippen molar-refractivity contribution in [3.8, 4) is 0 Å². The first kappa shape index (κ1) is 15.3. The Morgan fingerprint density at radius 3 is 2.56 bits per heavy atom. The zero-order valence-electron chi connectivity index (χ0n) is 10.7. The highest BCUT2D eigenvalue weighted by molar-refractivity contribution is 7.98. The van der Waals surface area contributed by atoms with Crippen LogP contribution in [0.4, 0.5) is 0 Å². The fraction of sp³-hybridized carbons (Fsp3) is 0.462. The highest BCUT2D eigenvalue weighted by Gasteiger charge is 2.23. The average molecular weight is 287 g/mol. The van der Waals surface area contributed by atoms with Crippen LogP contribution in [-0.2, 0) is 0 Å². The normalized spacial score (nSPS) is 18.2. The van der Waals surface area contributed by atoms with Crippen LogP contribution in [0.25, 0.3) is 0 Å². The van der Waals surface area contributed by atoms with Gasteiger partial charge in [-0.05, 0) is 43.5 Å². The Kier molecular flexibility index (Phi) is 5.99. The number of likely N-dealkylation sites (N-methyl/N-ethyl adjacent to an activating group) is 1. The van der Waals surface area contributed by atoms with Crippen molar-refractivity contribution in [2.75, 3.05) is 26.4 Å². The Bertz CT molecular complexity index is 390. The van der Waals surface area contributed by atoms with Crippen LogP contribution in [0.2, 0.25) is 0 Å². The lowest BCUT2D eigenvalue weighted by Gasteiger charge is -2.23. The van der Waals surface area contributed by atoms with Crippen LogP contribution in [0.1, 0.15) is 16.8 Å². The number of amides is 1. The third-order valence-electron chi connectivity index (χ3n) is 3.24. The van der Waals surface area contributed by atoms with E-state index in [9.17, 15) is 4.79 Å². The molecule has 0 radical (unpaired) electrons. The molecule has 18 heavy (non-hydrogen) atoms. The summed E-state index contributed by atoms with van der Waals surface area (Å²) in [7, 11) is 1.89. The molecule has 1 aromatic rings. The van der Waals surface area contributed by atoms with Crippen molar-refractivity contribution in [1.29, 1.82) is 0 Å². The summed E-state index contributed by atoms with van der Waals surface area (Å²) in [6.07, 6.45) is 3.08. The minimum atomic E-state index is 0. The number of hydrogen-bond donors (Lipinski definition) is 1. The predicted molar refractivity (Wildman–Crippen MR) is 78.8 cm³/mol. The second-order valence-electron chi connectivity index (χ2n) is 4.29. The molecule has 1 heterocycles. The molecule has 1 fully saturated rings. The van der Waals surface area contributed by atoms with E-state index in [4.69, 9.17) is 0 Å². The van der Waals surface area contributed by atoms with Gasteiger partial charge in [0.15, 0.2) is 0 Å². The average Bonchev–Trinajstić information content (AvgIpc) is 2.91. The van der Waals surface area contributed by atoms with E-state index in [1.54, 1.807) is 11.8 Å². The number of benzene rings is 1. The predicted octanol–water partition coefficient (Wildman–Crippen LogP) is 2.26. The molecule has 3 nitrogen and oxygen atoms in total. The molecule has 5 heteroatoms. The molecule has 1 saturated heterocycles. The molecule has 0 saturated carbocycles. The quantitative estimate of drug-likeness (QED) is 0.865. The van der Waals surface area contributed by atoms with Gasteiger partial charge in [-0.15, -0.1) is 24.2 Å². The molecule has 1 aliphatic heterocycles. The molecule has 0 spiro atoms. The van der Waals surface area contributed by atoms with Gasteiger partial charge < -0.3 is 10.2 Å². The number of nitrogens with zero attached hydrogens (tertiary/aromatic N) is 1. The lowest BCUT2D eigenvalue weighted by molar-refractivity contribution is 0.0743. The van der Waals surface area contributed by atoms with Gasteiger partial charge in [-0.1, -0.05) is 0 Å². The van der Waals surface area contributed by atoms with E-state index < -0.39 is 0 Å². The molecule has 1 amide bonds. The zero-order chi connectivity index (χ0) is 12.3. The van der Waals surface area contributed by atoms with Crippen molar-refractivity contribution in [2.24, 2.45) is 0 Å². The van der Waals surface area contributed by atoms with E-state index in [0.29, 0.717) is 6.04 Å². The van der Waals surface area contributed by atoms with Crippen LogP contribution in [0, 0.1) is 0 Å². The van der Waals surface area contributed by atoms with Crippen molar-refractivity contribution in [3.63, 3.8) is 0 Å². The molecule has 1 N–H and O–H groups in total. The molecule has 1 aromatic carbocycles. The molecule has 0 aliphatic carbocycles. The summed E-state index contributed by atoms with van der Waals surface area (Å²) in [4.78, 5) is 15.3. The molecule has 0 aromatic heterocycles. The molecule has 1 unspecified atom stereocenters. The number of carbonyl (C=O) groups excluding carboxylic acids is 1. The zero-order valence-corrected chi connectivity index (χ0v) is 12.3. The Hall–Kier alpha value is -0.710. The summed E-state index contributed by atoms with van der Waals surface area (Å²) < 4.78 is 0. The van der Waals surface area contributed by atoms with Gasteiger partial charge in [0.1, 0.15) is 0 Å². The minimum absolute atomic E-state index is 0. The van der Waals surface area contributed by atoms with Crippen molar-refractivity contribution in [1.82, 2.24) is 10.2 Å². The lowest BCUT2D eigenvalue weighted by Crippen LogP contribution is -2.38. The number of thioether (sulfide) groups is 1. The second-order valence-corrected chi connectivity index (χ2v) is 5.17. The summed E-state index contributed by atoms with van der Waals surface area (Å²) in [5.74, 6) is 0.117. The third-order valence-corrected chi connectivity index (χ3v) is 3.98. The smallest absolute Gasteiger partial charge is 0.253 e. The Morgan fingerprint density at radius 2 is 2.06 bits per heavy atom. The molecule has 100 valence electrons. The molecule has 1 atom stereocenters. The number of hydrogen-bond acceptors (Lipinski definition) is 3. The largest absolute Gasteiger partial charge is 0.337 e. The van der Waals surface area contributed by atoms with E-state index in [1.807, 2.05) is 42.5 Å². The SMILES string of the molecule is CSc1ccc(C(=O)N(C)C2CCNC2)cc1.Cl. The van der Waals surface area contributed by atoms with Gasteiger partial charge in [-0.3, -0.25) is 4.79 Å². The van der Waals surface area contributed by atoms with Gasteiger partial charge in [0, 0.05) is 30.1 Å². The summed E-state index contributed by atoms with van der Waals surface area (Å²) in [5, 5.41) is 3.28. The van der Waals surface area contributed by atoms with E-state index in [0.717, 1.165) is 25.1 Å². The van der Waals surface area contributed by atoms with Gasteiger partial charge in [-0.25, -0.2) is 0 Å². The van der Waals surface area contributed by atoms with Crippen molar-refractivity contribution in [2.45, 2.75) is 17.4 Å². The van der Waals surface area contributed by atoms with Gasteiger partial charge in [-0.2, -0.15) is 0 Å². The minimum Gasteiger partial charge on any atom is -0.337 e. The first-order valence-corrected chi connectivity index (χ1v) is 7.07. The number of nitrogens with one attached hydrogen (secondary N) is 1. The standard InChI is InChI=1S/C13H18N2OS.ClH/c1-15(11-7-8-14-9-11)13(16)10-3-5-12(17-2)6-4-10;/h3-6,11,14H,7-9H2,1-2H3;1H. The van der Waals surface area contributed by atoms with E-state index in [1.165, 1.54) is 4.90 Å². The van der Waals surface area contributed by atoms with Crippen molar-refractivity contribution >= 4 is 30.1 Å². The van der Waals surface area contributed by atoms with Crippen LogP contribution < -0.4 is 5.32 Å². The third kappa shape index (κ3) is 3.40. The van der Waals surface area contributed by atoms with E-state index in [2.05, 4.69) is 5.32 Å². The number of carbonyl (C=O) groups is 1. The molecule has 0 bridgehead atoms. The summed E-state index contributed by atoms with van der Waals surface area (Å²) >= 11 is 1.69. The maximum Gasteiger partial charge on any atom is 0.253 e. The van der Waals surface area contributed by atoms with Crippen LogP contribution in [0.15, 0.2) is 29.2 Å². The monoisotopic (exact) mass is 286 g/mol. The Labute approximate surface area is 119 Å². The van der Waals surface area contributed by atoms with Gasteiger partial charge in [0.25, 0.3) is 5.91 Å². The summed E-state index contributed by atoms with van der Waals surface area (Å²) in [6, 6.07) is 8.15. The van der Waals surface area contributed by atoms with Crippen LogP contribution in [0.5, 0.6) is 0 Å². The first-order chi connectivity index (χ1) is 8.22. The van der Waals surface area contributed by atoms with Gasteiger partial charge in [0.05, 0.1) is 0 Å². The first-order valence-electron chi connectivity index (χ1n) is 5.84. The Morgan fingerprint density at radius 1 is 1.39 bits per heavy atom. The molecular formula is C13H19ClN2OS. The van der Waals surface area contributed by atoms with Crippen molar-refractivity contribution in [3.05, 3.63) is 29.8 Å². The fourth-order valence-corrected chi connectivity index (χ4v) is 2.48. The van der Waals surface area contributed by atoms with Gasteiger partial charge in [0.2, 0.25) is 0 Å². The number of halogens is 1. The van der Waals surface area contributed by atoms with Crippen LogP contribution in [0.3, 0.4) is 0 Å². The molecular weight excluding hydrogens is 268 g/mol. The second kappa shape index (κ2) is 7.02. The van der Waals surface area contributed by atoms with Crippen LogP contribution >= 0.6 is 24.2 Å². The maximum atomic E-state index is 12.2. The highest BCUT2D eigenvalue weighted by atomic mass is 35.5. The summed E-state index contributed by atoms with van der Waals surface area (Å²) in [6.45, 7) is 1.92. The maximum absolute atomic E-state index is 12.2. The molecule has 2 rings (SSSR count). The summed E-state index contributed by atoms with van der Waals surface area (Å²) in [5.41, 5.74) is 0.775. The van der Waals surface area contributed by atoms with Crippen molar-refractivity contribution < 1.29 is 4.79 Å².